The van der Waals surface area contributed by atoms with Crippen LogP contribution in [0.4, 0.5) is 0 Å². The molecule has 0 bridgehead atoms. The van der Waals surface area contributed by atoms with Gasteiger partial charge in [0.1, 0.15) is 11.9 Å². The molecule has 0 aliphatic carbocycles. The molecular formula is C13H16N2O. The lowest BCUT2D eigenvalue weighted by Gasteiger charge is -2.11. The van der Waals surface area contributed by atoms with Crippen LogP contribution in [0, 0.1) is 0 Å². The van der Waals surface area contributed by atoms with Crippen molar-refractivity contribution in [2.75, 3.05) is 0 Å². The number of hydrogen-bond donors (Lipinski definition) is 1. The predicted molar refractivity (Wildman–Crippen MR) is 63.1 cm³/mol. The van der Waals surface area contributed by atoms with Crippen LogP contribution in [0.25, 0.3) is 0 Å². The molecule has 1 unspecified atom stereocenters. The maximum atomic E-state index is 10.2. The van der Waals surface area contributed by atoms with Crippen LogP contribution in [0.15, 0.2) is 36.7 Å². The van der Waals surface area contributed by atoms with Gasteiger partial charge in [-0.05, 0) is 17.5 Å². The molecule has 84 valence electrons. The molecule has 3 heteroatoms. The van der Waals surface area contributed by atoms with E-state index in [1.807, 2.05) is 36.0 Å². The van der Waals surface area contributed by atoms with Crippen molar-refractivity contribution in [1.82, 2.24) is 9.55 Å². The zero-order valence-corrected chi connectivity index (χ0v) is 9.59. The van der Waals surface area contributed by atoms with Crippen LogP contribution < -0.4 is 0 Å². The molecule has 0 fully saturated rings. The van der Waals surface area contributed by atoms with Gasteiger partial charge in [0.05, 0.1) is 0 Å². The van der Waals surface area contributed by atoms with E-state index in [1.165, 1.54) is 5.56 Å². The van der Waals surface area contributed by atoms with E-state index >= 15 is 0 Å². The van der Waals surface area contributed by atoms with Crippen molar-refractivity contribution < 1.29 is 5.11 Å². The fraction of sp³-hybridized carbons (Fsp3) is 0.308. The highest BCUT2D eigenvalue weighted by Crippen LogP contribution is 2.20. The summed E-state index contributed by atoms with van der Waals surface area (Å²) in [5, 5.41) is 10.2. The third-order valence-electron chi connectivity index (χ3n) is 2.78. The minimum absolute atomic E-state index is 0.647. The summed E-state index contributed by atoms with van der Waals surface area (Å²) >= 11 is 0. The monoisotopic (exact) mass is 216 g/mol. The van der Waals surface area contributed by atoms with Crippen molar-refractivity contribution >= 4 is 0 Å². The van der Waals surface area contributed by atoms with Gasteiger partial charge in [0.15, 0.2) is 0 Å². The molecule has 16 heavy (non-hydrogen) atoms. The second kappa shape index (κ2) is 4.49. The molecule has 3 nitrogen and oxygen atoms in total. The molecule has 0 aliphatic rings. The molecule has 0 radical (unpaired) electrons. The molecule has 1 heterocycles. The van der Waals surface area contributed by atoms with Gasteiger partial charge in [0.2, 0.25) is 0 Å². The summed E-state index contributed by atoms with van der Waals surface area (Å²) in [5.41, 5.74) is 2.12. The lowest BCUT2D eigenvalue weighted by atomic mass is 10.0. The topological polar surface area (TPSA) is 38.1 Å². The van der Waals surface area contributed by atoms with Gasteiger partial charge >= 0.3 is 0 Å². The quantitative estimate of drug-likeness (QED) is 0.852. The molecule has 0 amide bonds. The first kappa shape index (κ1) is 10.9. The van der Waals surface area contributed by atoms with Crippen molar-refractivity contribution in [3.05, 3.63) is 53.6 Å². The van der Waals surface area contributed by atoms with Crippen molar-refractivity contribution in [1.29, 1.82) is 0 Å². The third kappa shape index (κ3) is 1.99. The van der Waals surface area contributed by atoms with Crippen LogP contribution in [-0.4, -0.2) is 14.7 Å². The Hall–Kier alpha value is -1.61. The summed E-state index contributed by atoms with van der Waals surface area (Å²) in [6.45, 7) is 2.10. The van der Waals surface area contributed by atoms with Gasteiger partial charge in [-0.15, -0.1) is 0 Å². The fourth-order valence-corrected chi connectivity index (χ4v) is 1.77. The Kier molecular flexibility index (Phi) is 3.06. The maximum absolute atomic E-state index is 10.2. The fourth-order valence-electron chi connectivity index (χ4n) is 1.77. The first-order valence-electron chi connectivity index (χ1n) is 5.46. The molecule has 1 N–H and O–H groups in total. The molecule has 0 saturated heterocycles. The van der Waals surface area contributed by atoms with Crippen LogP contribution in [0.5, 0.6) is 0 Å². The first-order valence-corrected chi connectivity index (χ1v) is 5.46. The van der Waals surface area contributed by atoms with E-state index in [0.29, 0.717) is 5.82 Å². The smallest absolute Gasteiger partial charge is 0.142 e. The second-order valence-electron chi connectivity index (χ2n) is 3.90. The molecule has 0 aliphatic heterocycles. The van der Waals surface area contributed by atoms with Crippen LogP contribution in [0.3, 0.4) is 0 Å². The lowest BCUT2D eigenvalue weighted by molar-refractivity contribution is 0.206. The SMILES string of the molecule is CCc1cccc(C(O)c2nccn2C)c1. The Balaban J connectivity index is 2.33. The Bertz CT molecular complexity index is 476. The lowest BCUT2D eigenvalue weighted by Crippen LogP contribution is -2.07. The zero-order chi connectivity index (χ0) is 11.5. The number of nitrogens with zero attached hydrogens (tertiary/aromatic N) is 2. The van der Waals surface area contributed by atoms with Gasteiger partial charge in [-0.3, -0.25) is 0 Å². The number of imidazole rings is 1. The summed E-state index contributed by atoms with van der Waals surface area (Å²) in [5.74, 6) is 0.674. The number of aliphatic hydroxyl groups excluding tert-OH is 1. The Morgan fingerprint density at radius 3 is 2.88 bits per heavy atom. The van der Waals surface area contributed by atoms with Crippen LogP contribution in [0.1, 0.15) is 30.0 Å². The predicted octanol–water partition coefficient (Wildman–Crippen LogP) is 2.06. The Morgan fingerprint density at radius 1 is 1.44 bits per heavy atom. The molecule has 2 rings (SSSR count). The van der Waals surface area contributed by atoms with E-state index in [9.17, 15) is 5.11 Å². The summed E-state index contributed by atoms with van der Waals surface area (Å²) in [6.07, 6.45) is 3.86. The molecule has 1 aromatic carbocycles. The van der Waals surface area contributed by atoms with Gasteiger partial charge < -0.3 is 9.67 Å². The molecule has 1 aromatic heterocycles. The number of hydrogen-bond acceptors (Lipinski definition) is 2. The van der Waals surface area contributed by atoms with Gasteiger partial charge in [-0.1, -0.05) is 31.2 Å². The number of aromatic nitrogens is 2. The van der Waals surface area contributed by atoms with Crippen LogP contribution in [0.2, 0.25) is 0 Å². The average Bonchev–Trinajstić information content (AvgIpc) is 2.74. The van der Waals surface area contributed by atoms with E-state index in [-0.39, 0.29) is 0 Å². The molecule has 0 saturated carbocycles. The van der Waals surface area contributed by atoms with Crippen molar-refractivity contribution in [2.24, 2.45) is 7.05 Å². The van der Waals surface area contributed by atoms with E-state index in [1.54, 1.807) is 6.20 Å². The van der Waals surface area contributed by atoms with E-state index in [2.05, 4.69) is 18.0 Å². The molecule has 2 aromatic rings. The van der Waals surface area contributed by atoms with Crippen molar-refractivity contribution in [3.63, 3.8) is 0 Å². The molecule has 0 spiro atoms. The first-order chi connectivity index (χ1) is 7.72. The highest BCUT2D eigenvalue weighted by Gasteiger charge is 2.14. The highest BCUT2D eigenvalue weighted by molar-refractivity contribution is 5.28. The van der Waals surface area contributed by atoms with E-state index in [0.717, 1.165) is 12.0 Å². The highest BCUT2D eigenvalue weighted by atomic mass is 16.3. The second-order valence-corrected chi connectivity index (χ2v) is 3.90. The van der Waals surface area contributed by atoms with Gasteiger partial charge in [0.25, 0.3) is 0 Å². The standard InChI is InChI=1S/C13H16N2O/c1-3-10-5-4-6-11(9-10)12(16)13-14-7-8-15(13)2/h4-9,12,16H,3H2,1-2H3. The number of rotatable bonds is 3. The minimum Gasteiger partial charge on any atom is -0.380 e. The van der Waals surface area contributed by atoms with Gasteiger partial charge in [-0.2, -0.15) is 0 Å². The summed E-state index contributed by atoms with van der Waals surface area (Å²) in [7, 11) is 1.88. The third-order valence-corrected chi connectivity index (χ3v) is 2.78. The van der Waals surface area contributed by atoms with Crippen molar-refractivity contribution in [2.45, 2.75) is 19.4 Å². The van der Waals surface area contributed by atoms with Crippen molar-refractivity contribution in [3.8, 4) is 0 Å². The number of aryl methyl sites for hydroxylation is 2. The Morgan fingerprint density at radius 2 is 2.25 bits per heavy atom. The number of aliphatic hydroxyl groups is 1. The maximum Gasteiger partial charge on any atom is 0.142 e. The van der Waals surface area contributed by atoms with Gasteiger partial charge in [0, 0.05) is 19.4 Å². The van der Waals surface area contributed by atoms with E-state index in [4.69, 9.17) is 0 Å². The summed E-state index contributed by atoms with van der Waals surface area (Å²) < 4.78 is 1.84. The van der Waals surface area contributed by atoms with Crippen LogP contribution >= 0.6 is 0 Å². The van der Waals surface area contributed by atoms with Gasteiger partial charge in [-0.25, -0.2) is 4.98 Å². The average molecular weight is 216 g/mol. The normalized spacial score (nSPS) is 12.7. The summed E-state index contributed by atoms with van der Waals surface area (Å²) in [4.78, 5) is 4.16. The largest absolute Gasteiger partial charge is 0.380 e. The summed E-state index contributed by atoms with van der Waals surface area (Å²) in [6, 6.07) is 7.99. The molecule has 1 atom stereocenters. The minimum atomic E-state index is -0.647. The molecular weight excluding hydrogens is 200 g/mol. The van der Waals surface area contributed by atoms with E-state index < -0.39 is 6.10 Å². The Labute approximate surface area is 95.4 Å². The van der Waals surface area contributed by atoms with Crippen LogP contribution in [-0.2, 0) is 13.5 Å². The number of benzene rings is 1. The zero-order valence-electron chi connectivity index (χ0n) is 9.59.